The van der Waals surface area contributed by atoms with Crippen molar-refractivity contribution in [2.24, 2.45) is 0 Å². The molecule has 27 heavy (non-hydrogen) atoms. The van der Waals surface area contributed by atoms with E-state index in [1.54, 1.807) is 42.7 Å². The summed E-state index contributed by atoms with van der Waals surface area (Å²) in [6.07, 6.45) is 3.32. The molecular formula is C20H17ClN4O2. The van der Waals surface area contributed by atoms with Crippen molar-refractivity contribution in [3.63, 3.8) is 0 Å². The van der Waals surface area contributed by atoms with Crippen molar-refractivity contribution in [1.82, 2.24) is 20.6 Å². The zero-order chi connectivity index (χ0) is 19.1. The van der Waals surface area contributed by atoms with Crippen LogP contribution in [0.4, 0.5) is 0 Å². The van der Waals surface area contributed by atoms with Crippen LogP contribution < -0.4 is 10.6 Å². The Morgan fingerprint density at radius 3 is 1.85 bits per heavy atom. The molecule has 0 saturated carbocycles. The van der Waals surface area contributed by atoms with Crippen molar-refractivity contribution < 1.29 is 9.59 Å². The molecule has 3 rings (SSSR count). The van der Waals surface area contributed by atoms with E-state index >= 15 is 0 Å². The average molecular weight is 381 g/mol. The quantitative estimate of drug-likeness (QED) is 0.688. The molecule has 2 N–H and O–H groups in total. The summed E-state index contributed by atoms with van der Waals surface area (Å²) in [5.74, 6) is -0.701. The van der Waals surface area contributed by atoms with Crippen LogP contribution in [-0.2, 0) is 13.1 Å². The normalized spacial score (nSPS) is 10.3. The molecule has 1 aromatic carbocycles. The minimum Gasteiger partial charge on any atom is -0.347 e. The molecule has 0 atom stereocenters. The number of rotatable bonds is 6. The fourth-order valence-corrected chi connectivity index (χ4v) is 2.46. The van der Waals surface area contributed by atoms with Crippen LogP contribution in [0.15, 0.2) is 67.0 Å². The third-order valence-corrected chi connectivity index (χ3v) is 4.04. The molecular weight excluding hydrogens is 364 g/mol. The number of aromatic nitrogens is 2. The molecule has 2 heterocycles. The highest BCUT2D eigenvalue weighted by molar-refractivity contribution is 6.30. The van der Waals surface area contributed by atoms with Crippen LogP contribution in [0.5, 0.6) is 0 Å². The lowest BCUT2D eigenvalue weighted by Gasteiger charge is -2.08. The molecule has 0 radical (unpaired) electrons. The topological polar surface area (TPSA) is 84.0 Å². The van der Waals surface area contributed by atoms with Crippen molar-refractivity contribution >= 4 is 23.4 Å². The number of benzene rings is 1. The van der Waals surface area contributed by atoms with Crippen LogP contribution in [0.3, 0.4) is 0 Å². The summed E-state index contributed by atoms with van der Waals surface area (Å²) in [6, 6.07) is 15.6. The highest BCUT2D eigenvalue weighted by Crippen LogP contribution is 2.09. The Bertz CT molecular complexity index is 930. The lowest BCUT2D eigenvalue weighted by Crippen LogP contribution is -2.27. The molecule has 7 heteroatoms. The van der Waals surface area contributed by atoms with Crippen molar-refractivity contribution in [1.29, 1.82) is 0 Å². The maximum Gasteiger partial charge on any atom is 0.270 e. The highest BCUT2D eigenvalue weighted by Gasteiger charge is 2.12. The lowest BCUT2D eigenvalue weighted by atomic mass is 10.2. The smallest absolute Gasteiger partial charge is 0.270 e. The number of pyridine rings is 2. The first-order valence-corrected chi connectivity index (χ1v) is 8.66. The molecule has 0 unspecified atom stereocenters. The Labute approximate surface area is 161 Å². The number of hydrogen-bond acceptors (Lipinski definition) is 4. The van der Waals surface area contributed by atoms with E-state index in [0.29, 0.717) is 18.1 Å². The number of nitrogens with zero attached hydrogens (tertiary/aromatic N) is 2. The number of carbonyl (C=O) groups excluding carboxylic acids is 2. The van der Waals surface area contributed by atoms with Gasteiger partial charge < -0.3 is 10.6 Å². The van der Waals surface area contributed by atoms with Crippen LogP contribution in [0.25, 0.3) is 0 Å². The predicted octanol–water partition coefficient (Wildman–Crippen LogP) is 2.99. The van der Waals surface area contributed by atoms with Gasteiger partial charge in [-0.15, -0.1) is 0 Å². The van der Waals surface area contributed by atoms with Gasteiger partial charge in [-0.25, -0.2) is 4.98 Å². The molecule has 6 nitrogen and oxygen atoms in total. The Morgan fingerprint density at radius 1 is 0.778 bits per heavy atom. The molecule has 0 spiro atoms. The van der Waals surface area contributed by atoms with Gasteiger partial charge in [0.25, 0.3) is 11.8 Å². The van der Waals surface area contributed by atoms with Crippen molar-refractivity contribution in [3.05, 3.63) is 94.5 Å². The second kappa shape index (κ2) is 8.91. The minimum absolute atomic E-state index is 0.181. The number of carbonyl (C=O) groups is 2. The van der Waals surface area contributed by atoms with Gasteiger partial charge in [-0.1, -0.05) is 29.8 Å². The summed E-state index contributed by atoms with van der Waals surface area (Å²) in [4.78, 5) is 32.7. The van der Waals surface area contributed by atoms with E-state index in [1.807, 2.05) is 24.3 Å². The van der Waals surface area contributed by atoms with Gasteiger partial charge in [0.2, 0.25) is 0 Å². The average Bonchev–Trinajstić information content (AvgIpc) is 2.72. The molecule has 0 aliphatic rings. The molecule has 3 aromatic rings. The first-order valence-electron chi connectivity index (χ1n) is 8.28. The van der Waals surface area contributed by atoms with Gasteiger partial charge in [0.15, 0.2) is 0 Å². The first kappa shape index (κ1) is 18.5. The maximum atomic E-state index is 12.3. The van der Waals surface area contributed by atoms with Crippen molar-refractivity contribution in [2.75, 3.05) is 0 Å². The van der Waals surface area contributed by atoms with E-state index in [1.165, 1.54) is 0 Å². The standard InChI is InChI=1S/C20H17ClN4O2/c21-16-6-4-14(5-7-16)12-23-19(26)17-2-1-3-18(25-17)20(27)24-13-15-8-10-22-11-9-15/h1-11H,12-13H2,(H,23,26)(H,24,27). The first-order chi connectivity index (χ1) is 13.1. The summed E-state index contributed by atoms with van der Waals surface area (Å²) < 4.78 is 0. The summed E-state index contributed by atoms with van der Waals surface area (Å²) >= 11 is 5.84. The van der Waals surface area contributed by atoms with E-state index in [0.717, 1.165) is 11.1 Å². The fraction of sp³-hybridized carbons (Fsp3) is 0.100. The predicted molar refractivity (Wildman–Crippen MR) is 102 cm³/mol. The van der Waals surface area contributed by atoms with Gasteiger partial charge in [-0.3, -0.25) is 14.6 Å². The largest absolute Gasteiger partial charge is 0.347 e. The summed E-state index contributed by atoms with van der Waals surface area (Å²) in [6.45, 7) is 0.701. The number of hydrogen-bond donors (Lipinski definition) is 2. The molecule has 0 bridgehead atoms. The van der Waals surface area contributed by atoms with E-state index in [-0.39, 0.29) is 23.2 Å². The summed E-state index contributed by atoms with van der Waals surface area (Å²) in [7, 11) is 0. The zero-order valence-electron chi connectivity index (χ0n) is 14.4. The minimum atomic E-state index is -0.353. The summed E-state index contributed by atoms with van der Waals surface area (Å²) in [5.41, 5.74) is 2.21. The maximum absolute atomic E-state index is 12.3. The molecule has 2 amide bonds. The van der Waals surface area contributed by atoms with Gasteiger partial charge in [0.05, 0.1) is 0 Å². The van der Waals surface area contributed by atoms with Crippen LogP contribution >= 0.6 is 11.6 Å². The Kier molecular flexibility index (Phi) is 6.12. The van der Waals surface area contributed by atoms with Crippen molar-refractivity contribution in [2.45, 2.75) is 13.1 Å². The lowest BCUT2D eigenvalue weighted by molar-refractivity contribution is 0.0941. The van der Waals surface area contributed by atoms with Gasteiger partial charge in [0, 0.05) is 30.5 Å². The second-order valence-electron chi connectivity index (χ2n) is 5.76. The summed E-state index contributed by atoms with van der Waals surface area (Å²) in [5, 5.41) is 6.18. The zero-order valence-corrected chi connectivity index (χ0v) is 15.1. The third kappa shape index (κ3) is 5.36. The molecule has 136 valence electrons. The van der Waals surface area contributed by atoms with Gasteiger partial charge >= 0.3 is 0 Å². The van der Waals surface area contributed by atoms with Gasteiger partial charge in [-0.05, 0) is 47.5 Å². The van der Waals surface area contributed by atoms with Gasteiger partial charge in [0.1, 0.15) is 11.4 Å². The highest BCUT2D eigenvalue weighted by atomic mass is 35.5. The number of amides is 2. The van der Waals surface area contributed by atoms with E-state index in [2.05, 4.69) is 20.6 Å². The fourth-order valence-electron chi connectivity index (χ4n) is 2.34. The van der Waals surface area contributed by atoms with Crippen LogP contribution in [0.1, 0.15) is 32.1 Å². The number of halogens is 1. The molecule has 0 saturated heterocycles. The Hall–Kier alpha value is -3.25. The van der Waals surface area contributed by atoms with Crippen LogP contribution in [-0.4, -0.2) is 21.8 Å². The monoisotopic (exact) mass is 380 g/mol. The molecule has 0 aliphatic heterocycles. The second-order valence-corrected chi connectivity index (χ2v) is 6.19. The number of nitrogens with one attached hydrogen (secondary N) is 2. The Balaban J connectivity index is 1.59. The Morgan fingerprint density at radius 2 is 1.30 bits per heavy atom. The third-order valence-electron chi connectivity index (χ3n) is 3.78. The molecule has 2 aromatic heterocycles. The van der Waals surface area contributed by atoms with E-state index in [9.17, 15) is 9.59 Å². The van der Waals surface area contributed by atoms with Crippen LogP contribution in [0, 0.1) is 0 Å². The van der Waals surface area contributed by atoms with E-state index in [4.69, 9.17) is 11.6 Å². The van der Waals surface area contributed by atoms with Crippen molar-refractivity contribution in [3.8, 4) is 0 Å². The molecule has 0 fully saturated rings. The van der Waals surface area contributed by atoms with Crippen LogP contribution in [0.2, 0.25) is 5.02 Å². The van der Waals surface area contributed by atoms with E-state index < -0.39 is 0 Å². The SMILES string of the molecule is O=C(NCc1ccncc1)c1cccc(C(=O)NCc2ccc(Cl)cc2)n1. The molecule has 0 aliphatic carbocycles. The van der Waals surface area contributed by atoms with Gasteiger partial charge in [-0.2, -0.15) is 0 Å².